The number of para-hydroxylation sites is 2. The summed E-state index contributed by atoms with van der Waals surface area (Å²) in [4.78, 5) is 1.92. The van der Waals surface area contributed by atoms with Gasteiger partial charge in [0.15, 0.2) is 11.5 Å². The van der Waals surface area contributed by atoms with Gasteiger partial charge in [0.25, 0.3) is 0 Å². The topological polar surface area (TPSA) is 65.8 Å². The Morgan fingerprint density at radius 2 is 1.92 bits per heavy atom. The van der Waals surface area contributed by atoms with Crippen LogP contribution in [0.25, 0.3) is 0 Å². The molecule has 3 atom stereocenters. The minimum Gasteiger partial charge on any atom is -0.453 e. The van der Waals surface area contributed by atoms with Gasteiger partial charge in [-0.2, -0.15) is 0 Å². The molecule has 2 aliphatic heterocycles. The highest BCUT2D eigenvalue weighted by Crippen LogP contribution is 2.48. The Labute approximate surface area is 138 Å². The van der Waals surface area contributed by atoms with Gasteiger partial charge in [0.05, 0.1) is 36.7 Å². The summed E-state index contributed by atoms with van der Waals surface area (Å²) in [7, 11) is 0. The standard InChI is InChI=1S/C18H17FN2O3/c19-12-5-6-14-17(7-12)24-16-4-2-1-3-13(16)21(14)15-10-23-9-11(8-20)18(15)22/h1-8,11,15,18,20,22H,9-10H2/t11?,15-,18-/m0/s1. The van der Waals surface area contributed by atoms with Crippen LogP contribution in [0.1, 0.15) is 0 Å². The van der Waals surface area contributed by atoms with Crippen molar-refractivity contribution >= 4 is 17.6 Å². The van der Waals surface area contributed by atoms with Crippen molar-refractivity contribution in [1.29, 1.82) is 5.41 Å². The molecule has 2 aromatic carbocycles. The highest BCUT2D eigenvalue weighted by molar-refractivity contribution is 5.79. The molecule has 0 spiro atoms. The number of halogens is 1. The van der Waals surface area contributed by atoms with E-state index < -0.39 is 6.10 Å². The molecule has 124 valence electrons. The number of anilines is 2. The number of nitrogens with one attached hydrogen (secondary N) is 1. The fourth-order valence-electron chi connectivity index (χ4n) is 3.30. The smallest absolute Gasteiger partial charge is 0.154 e. The SMILES string of the molecule is N=CC1COC[C@H](N2c3ccccc3Oc3cc(F)ccc32)[C@H]1O. The van der Waals surface area contributed by atoms with Crippen LogP contribution in [0.4, 0.5) is 15.8 Å². The van der Waals surface area contributed by atoms with E-state index in [9.17, 15) is 9.50 Å². The molecular weight excluding hydrogens is 311 g/mol. The number of fused-ring (bicyclic) bond motifs is 2. The van der Waals surface area contributed by atoms with Gasteiger partial charge in [-0.1, -0.05) is 12.1 Å². The third kappa shape index (κ3) is 2.35. The summed E-state index contributed by atoms with van der Waals surface area (Å²) in [5.74, 6) is 0.242. The molecule has 0 bridgehead atoms. The molecule has 2 N–H and O–H groups in total. The molecule has 1 unspecified atom stereocenters. The molecule has 0 saturated carbocycles. The number of nitrogens with zero attached hydrogens (tertiary/aromatic N) is 1. The summed E-state index contributed by atoms with van der Waals surface area (Å²) in [5, 5.41) is 18.2. The third-order valence-electron chi connectivity index (χ3n) is 4.50. The van der Waals surface area contributed by atoms with Crippen LogP contribution >= 0.6 is 0 Å². The van der Waals surface area contributed by atoms with Gasteiger partial charge in [0.2, 0.25) is 0 Å². The maximum absolute atomic E-state index is 13.6. The minimum atomic E-state index is -0.764. The Morgan fingerprint density at radius 1 is 1.12 bits per heavy atom. The lowest BCUT2D eigenvalue weighted by molar-refractivity contribution is -0.0256. The van der Waals surface area contributed by atoms with Gasteiger partial charge in [-0.25, -0.2) is 4.39 Å². The predicted molar refractivity (Wildman–Crippen MR) is 87.9 cm³/mol. The first-order valence-corrected chi connectivity index (χ1v) is 7.81. The van der Waals surface area contributed by atoms with E-state index in [1.807, 2.05) is 23.1 Å². The Bertz CT molecular complexity index is 783. The second-order valence-corrected chi connectivity index (χ2v) is 5.98. The van der Waals surface area contributed by atoms with E-state index >= 15 is 0 Å². The summed E-state index contributed by atoms with van der Waals surface area (Å²) in [5.41, 5.74) is 1.46. The molecule has 6 heteroatoms. The Morgan fingerprint density at radius 3 is 2.75 bits per heavy atom. The third-order valence-corrected chi connectivity index (χ3v) is 4.50. The van der Waals surface area contributed by atoms with Gasteiger partial charge in [-0.15, -0.1) is 0 Å². The van der Waals surface area contributed by atoms with E-state index in [-0.39, 0.29) is 17.8 Å². The summed E-state index contributed by atoms with van der Waals surface area (Å²) < 4.78 is 25.0. The molecule has 1 fully saturated rings. The second kappa shape index (κ2) is 5.89. The molecule has 0 aromatic heterocycles. The Balaban J connectivity index is 1.83. The van der Waals surface area contributed by atoms with Crippen molar-refractivity contribution in [1.82, 2.24) is 0 Å². The first-order valence-electron chi connectivity index (χ1n) is 7.81. The first-order chi connectivity index (χ1) is 11.7. The zero-order chi connectivity index (χ0) is 16.7. The zero-order valence-corrected chi connectivity index (χ0v) is 12.9. The van der Waals surface area contributed by atoms with E-state index in [0.717, 1.165) is 5.69 Å². The van der Waals surface area contributed by atoms with Crippen LogP contribution in [0.15, 0.2) is 42.5 Å². The molecule has 0 amide bonds. The van der Waals surface area contributed by atoms with Crippen molar-refractivity contribution in [2.75, 3.05) is 18.1 Å². The molecule has 0 aliphatic carbocycles. The maximum Gasteiger partial charge on any atom is 0.154 e. The van der Waals surface area contributed by atoms with Crippen LogP contribution in [-0.2, 0) is 4.74 Å². The van der Waals surface area contributed by atoms with E-state index in [1.54, 1.807) is 12.1 Å². The van der Waals surface area contributed by atoms with Crippen molar-refractivity contribution in [3.05, 3.63) is 48.3 Å². The molecule has 24 heavy (non-hydrogen) atoms. The second-order valence-electron chi connectivity index (χ2n) is 5.98. The van der Waals surface area contributed by atoms with Gasteiger partial charge in [0.1, 0.15) is 5.82 Å². The number of aliphatic hydroxyl groups excluding tert-OH is 1. The maximum atomic E-state index is 13.6. The van der Waals surface area contributed by atoms with Crippen molar-refractivity contribution in [3.63, 3.8) is 0 Å². The van der Waals surface area contributed by atoms with Crippen LogP contribution < -0.4 is 9.64 Å². The van der Waals surface area contributed by atoms with Gasteiger partial charge in [-0.05, 0) is 24.3 Å². The van der Waals surface area contributed by atoms with Crippen LogP contribution in [0.5, 0.6) is 11.5 Å². The molecule has 2 aliphatic rings. The van der Waals surface area contributed by atoms with E-state index in [1.165, 1.54) is 18.3 Å². The lowest BCUT2D eigenvalue weighted by atomic mass is 9.93. The van der Waals surface area contributed by atoms with Crippen molar-refractivity contribution in [3.8, 4) is 11.5 Å². The first kappa shape index (κ1) is 15.1. The fraction of sp³-hybridized carbons (Fsp3) is 0.278. The number of ether oxygens (including phenoxy) is 2. The Hall–Kier alpha value is -2.44. The van der Waals surface area contributed by atoms with Crippen LogP contribution in [0, 0.1) is 17.1 Å². The largest absolute Gasteiger partial charge is 0.453 e. The average molecular weight is 328 g/mol. The molecule has 2 heterocycles. The summed E-state index contributed by atoms with van der Waals surface area (Å²) in [6.07, 6.45) is 0.453. The predicted octanol–water partition coefficient (Wildman–Crippen LogP) is 3.09. The van der Waals surface area contributed by atoms with Crippen LogP contribution in [0.2, 0.25) is 0 Å². The number of aliphatic hydroxyl groups is 1. The molecular formula is C18H17FN2O3. The number of benzene rings is 2. The normalized spacial score (nSPS) is 25.4. The molecule has 1 saturated heterocycles. The summed E-state index contributed by atoms with van der Waals surface area (Å²) in [6, 6.07) is 11.4. The van der Waals surface area contributed by atoms with Gasteiger partial charge in [-0.3, -0.25) is 0 Å². The highest BCUT2D eigenvalue weighted by Gasteiger charge is 2.39. The van der Waals surface area contributed by atoms with Gasteiger partial charge in [0, 0.05) is 18.2 Å². The molecule has 0 radical (unpaired) electrons. The number of hydrogen-bond donors (Lipinski definition) is 2. The fourth-order valence-corrected chi connectivity index (χ4v) is 3.30. The van der Waals surface area contributed by atoms with Crippen LogP contribution in [-0.4, -0.2) is 36.7 Å². The monoisotopic (exact) mass is 328 g/mol. The lowest BCUT2D eigenvalue weighted by Crippen LogP contribution is -2.53. The minimum absolute atomic E-state index is 0.316. The highest BCUT2D eigenvalue weighted by atomic mass is 19.1. The van der Waals surface area contributed by atoms with Crippen LogP contribution in [0.3, 0.4) is 0 Å². The van der Waals surface area contributed by atoms with Gasteiger partial charge < -0.3 is 24.9 Å². The van der Waals surface area contributed by atoms with E-state index in [0.29, 0.717) is 30.4 Å². The molecule has 4 rings (SSSR count). The number of hydrogen-bond acceptors (Lipinski definition) is 5. The summed E-state index contributed by atoms with van der Waals surface area (Å²) in [6.45, 7) is 0.639. The van der Waals surface area contributed by atoms with Crippen molar-refractivity contribution < 1.29 is 19.0 Å². The van der Waals surface area contributed by atoms with Crippen molar-refractivity contribution in [2.45, 2.75) is 12.1 Å². The molecule has 2 aromatic rings. The van der Waals surface area contributed by atoms with E-state index in [4.69, 9.17) is 14.9 Å². The summed E-state index contributed by atoms with van der Waals surface area (Å²) >= 11 is 0. The number of rotatable bonds is 2. The van der Waals surface area contributed by atoms with E-state index in [2.05, 4.69) is 0 Å². The molecule has 5 nitrogen and oxygen atoms in total. The lowest BCUT2D eigenvalue weighted by Gasteiger charge is -2.43. The van der Waals surface area contributed by atoms with Crippen molar-refractivity contribution in [2.24, 2.45) is 5.92 Å². The zero-order valence-electron chi connectivity index (χ0n) is 12.9. The quantitative estimate of drug-likeness (QED) is 0.832. The Kier molecular flexibility index (Phi) is 3.70. The van der Waals surface area contributed by atoms with Gasteiger partial charge >= 0.3 is 0 Å². The average Bonchev–Trinajstić information content (AvgIpc) is 2.60.